The summed E-state index contributed by atoms with van der Waals surface area (Å²) >= 11 is 0. The molecule has 1 amide bonds. The fourth-order valence-electron chi connectivity index (χ4n) is 2.76. The van der Waals surface area contributed by atoms with E-state index in [4.69, 9.17) is 9.26 Å². The van der Waals surface area contributed by atoms with Crippen LogP contribution in [-0.2, 0) is 11.2 Å². The Morgan fingerprint density at radius 3 is 2.77 bits per heavy atom. The third kappa shape index (κ3) is 3.71. The highest BCUT2D eigenvalue weighted by Gasteiger charge is 2.25. The van der Waals surface area contributed by atoms with E-state index in [1.807, 2.05) is 45.0 Å². The van der Waals surface area contributed by atoms with Crippen LogP contribution < -0.4 is 4.74 Å². The largest absolute Gasteiger partial charge is 0.497 e. The molecule has 0 aliphatic heterocycles. The second-order valence-electron chi connectivity index (χ2n) is 7.38. The Hall–Kier alpha value is -2.83. The van der Waals surface area contributed by atoms with Gasteiger partial charge in [0.2, 0.25) is 5.91 Å². The normalized spacial score (nSPS) is 11.7. The fourth-order valence-corrected chi connectivity index (χ4v) is 2.76. The van der Waals surface area contributed by atoms with Crippen LogP contribution in [0.3, 0.4) is 0 Å². The summed E-state index contributed by atoms with van der Waals surface area (Å²) in [5, 5.41) is 5.06. The maximum absolute atomic E-state index is 12.2. The van der Waals surface area contributed by atoms with Gasteiger partial charge < -0.3 is 19.1 Å². The molecule has 0 spiro atoms. The molecule has 26 heavy (non-hydrogen) atoms. The molecular formula is C19H24N4O3. The van der Waals surface area contributed by atoms with Gasteiger partial charge in [-0.15, -0.1) is 0 Å². The predicted octanol–water partition coefficient (Wildman–Crippen LogP) is 3.27. The molecule has 2 heterocycles. The smallest absolute Gasteiger partial charge is 0.274 e. The van der Waals surface area contributed by atoms with Crippen molar-refractivity contribution in [3.8, 4) is 17.3 Å². The highest BCUT2D eigenvalue weighted by atomic mass is 16.5. The van der Waals surface area contributed by atoms with Gasteiger partial charge in [0, 0.05) is 42.4 Å². The zero-order chi connectivity index (χ0) is 18.9. The number of rotatable bonds is 5. The van der Waals surface area contributed by atoms with Crippen molar-refractivity contribution in [3.05, 3.63) is 30.1 Å². The number of likely N-dealkylation sites (N-methyl/N-ethyl adjacent to an activating group) is 1. The first kappa shape index (κ1) is 18.0. The van der Waals surface area contributed by atoms with E-state index in [1.54, 1.807) is 19.1 Å². The summed E-state index contributed by atoms with van der Waals surface area (Å²) in [5.74, 6) is 1.87. The second-order valence-corrected chi connectivity index (χ2v) is 7.38. The van der Waals surface area contributed by atoms with Crippen LogP contribution >= 0.6 is 0 Å². The standard InChI is InChI=1S/C19H24N4O3/c1-19(2,3)18(24)23(4)9-8-16-21-17(26-22-16)15-10-12-6-7-13(25-5)11-14(12)20-15/h6-7,10-11,20H,8-9H2,1-5H3. The van der Waals surface area contributed by atoms with Gasteiger partial charge in [-0.05, 0) is 18.2 Å². The molecule has 0 saturated carbocycles. The van der Waals surface area contributed by atoms with E-state index >= 15 is 0 Å². The molecule has 1 N–H and O–H groups in total. The minimum Gasteiger partial charge on any atom is -0.497 e. The molecule has 138 valence electrons. The van der Waals surface area contributed by atoms with E-state index in [9.17, 15) is 4.79 Å². The van der Waals surface area contributed by atoms with Crippen LogP contribution in [0.5, 0.6) is 5.75 Å². The average Bonchev–Trinajstić information content (AvgIpc) is 3.23. The van der Waals surface area contributed by atoms with Gasteiger partial charge in [-0.1, -0.05) is 25.9 Å². The first-order chi connectivity index (χ1) is 12.3. The van der Waals surface area contributed by atoms with Crippen LogP contribution in [0.2, 0.25) is 0 Å². The number of amides is 1. The van der Waals surface area contributed by atoms with Crippen molar-refractivity contribution in [1.29, 1.82) is 0 Å². The average molecular weight is 356 g/mol. The van der Waals surface area contributed by atoms with Gasteiger partial charge in [0.15, 0.2) is 5.82 Å². The number of methoxy groups -OCH3 is 1. The third-order valence-corrected chi connectivity index (χ3v) is 4.19. The molecular weight excluding hydrogens is 332 g/mol. The molecule has 7 nitrogen and oxygen atoms in total. The lowest BCUT2D eigenvalue weighted by atomic mass is 9.95. The number of fused-ring (bicyclic) bond motifs is 1. The van der Waals surface area contributed by atoms with Gasteiger partial charge in [0.1, 0.15) is 11.4 Å². The Bertz CT molecular complexity index is 920. The molecule has 0 bridgehead atoms. The SMILES string of the molecule is COc1ccc2cc(-c3nc(CCN(C)C(=O)C(C)(C)C)no3)[nH]c2c1. The molecule has 7 heteroatoms. The fraction of sp³-hybridized carbons (Fsp3) is 0.421. The van der Waals surface area contributed by atoms with Gasteiger partial charge in [-0.3, -0.25) is 4.79 Å². The quantitative estimate of drug-likeness (QED) is 0.758. The lowest BCUT2D eigenvalue weighted by molar-refractivity contribution is -0.138. The van der Waals surface area contributed by atoms with Crippen molar-refractivity contribution in [2.75, 3.05) is 20.7 Å². The van der Waals surface area contributed by atoms with E-state index < -0.39 is 5.41 Å². The third-order valence-electron chi connectivity index (χ3n) is 4.19. The van der Waals surface area contributed by atoms with Crippen molar-refractivity contribution in [3.63, 3.8) is 0 Å². The lowest BCUT2D eigenvalue weighted by Crippen LogP contribution is -2.37. The van der Waals surface area contributed by atoms with Gasteiger partial charge in [0.25, 0.3) is 5.89 Å². The first-order valence-electron chi connectivity index (χ1n) is 8.53. The van der Waals surface area contributed by atoms with Gasteiger partial charge in [0.05, 0.1) is 7.11 Å². The van der Waals surface area contributed by atoms with Crippen LogP contribution in [0.15, 0.2) is 28.8 Å². The number of hydrogen-bond donors (Lipinski definition) is 1. The molecule has 3 aromatic rings. The Labute approximate surface area is 152 Å². The molecule has 0 saturated heterocycles. The monoisotopic (exact) mass is 356 g/mol. The Morgan fingerprint density at radius 1 is 1.31 bits per heavy atom. The maximum atomic E-state index is 12.2. The van der Waals surface area contributed by atoms with E-state index in [0.29, 0.717) is 24.7 Å². The molecule has 0 aliphatic rings. The summed E-state index contributed by atoms with van der Waals surface area (Å²) in [7, 11) is 3.43. The van der Waals surface area contributed by atoms with Crippen LogP contribution in [-0.4, -0.2) is 46.6 Å². The zero-order valence-corrected chi connectivity index (χ0v) is 15.8. The molecule has 1 aromatic carbocycles. The van der Waals surface area contributed by atoms with E-state index in [2.05, 4.69) is 15.1 Å². The number of aromatic amines is 1. The highest BCUT2D eigenvalue weighted by molar-refractivity contribution is 5.85. The number of nitrogens with one attached hydrogen (secondary N) is 1. The van der Waals surface area contributed by atoms with Crippen molar-refractivity contribution >= 4 is 16.8 Å². The van der Waals surface area contributed by atoms with Crippen molar-refractivity contribution in [2.45, 2.75) is 27.2 Å². The number of nitrogens with zero attached hydrogens (tertiary/aromatic N) is 3. The zero-order valence-electron chi connectivity index (χ0n) is 15.8. The topological polar surface area (TPSA) is 84.2 Å². The van der Waals surface area contributed by atoms with Crippen LogP contribution in [0.25, 0.3) is 22.5 Å². The lowest BCUT2D eigenvalue weighted by Gasteiger charge is -2.25. The Morgan fingerprint density at radius 2 is 2.08 bits per heavy atom. The van der Waals surface area contributed by atoms with Gasteiger partial charge >= 0.3 is 0 Å². The van der Waals surface area contributed by atoms with Crippen molar-refractivity contribution < 1.29 is 14.1 Å². The molecule has 0 radical (unpaired) electrons. The number of hydrogen-bond acceptors (Lipinski definition) is 5. The number of carbonyl (C=O) groups is 1. The molecule has 3 rings (SSSR count). The number of benzene rings is 1. The maximum Gasteiger partial charge on any atom is 0.274 e. The molecule has 2 aromatic heterocycles. The summed E-state index contributed by atoms with van der Waals surface area (Å²) in [5.41, 5.74) is 1.29. The molecule has 0 fully saturated rings. The number of H-pyrrole nitrogens is 1. The van der Waals surface area contributed by atoms with E-state index in [-0.39, 0.29) is 5.91 Å². The first-order valence-corrected chi connectivity index (χ1v) is 8.53. The predicted molar refractivity (Wildman–Crippen MR) is 98.9 cm³/mol. The van der Waals surface area contributed by atoms with Crippen molar-refractivity contribution in [2.24, 2.45) is 5.41 Å². The number of carbonyl (C=O) groups excluding carboxylic acids is 1. The Balaban J connectivity index is 1.71. The molecule has 0 atom stereocenters. The summed E-state index contributed by atoms with van der Waals surface area (Å²) < 4.78 is 10.6. The highest BCUT2D eigenvalue weighted by Crippen LogP contribution is 2.26. The second kappa shape index (κ2) is 6.82. The minimum absolute atomic E-state index is 0.0887. The van der Waals surface area contributed by atoms with E-state index in [0.717, 1.165) is 22.3 Å². The Kier molecular flexibility index (Phi) is 4.71. The summed E-state index contributed by atoms with van der Waals surface area (Å²) in [6.07, 6.45) is 0.538. The number of ether oxygens (including phenoxy) is 1. The summed E-state index contributed by atoms with van der Waals surface area (Å²) in [6, 6.07) is 7.75. The van der Waals surface area contributed by atoms with Crippen LogP contribution in [0.4, 0.5) is 0 Å². The van der Waals surface area contributed by atoms with Crippen LogP contribution in [0.1, 0.15) is 26.6 Å². The van der Waals surface area contributed by atoms with Crippen molar-refractivity contribution in [1.82, 2.24) is 20.0 Å². The van der Waals surface area contributed by atoms with Gasteiger partial charge in [-0.2, -0.15) is 4.98 Å². The minimum atomic E-state index is -0.400. The molecule has 0 aliphatic carbocycles. The van der Waals surface area contributed by atoms with Crippen LogP contribution in [0, 0.1) is 5.41 Å². The number of aromatic nitrogens is 3. The molecule has 0 unspecified atom stereocenters. The summed E-state index contributed by atoms with van der Waals surface area (Å²) in [6.45, 7) is 6.26. The summed E-state index contributed by atoms with van der Waals surface area (Å²) in [4.78, 5) is 21.6. The van der Waals surface area contributed by atoms with Gasteiger partial charge in [-0.25, -0.2) is 0 Å². The van der Waals surface area contributed by atoms with E-state index in [1.165, 1.54) is 0 Å².